The standard InChI is InChI=1S/C50H30N4/c1-3-15-32(16-4-1)47-51-48(50(33-18-5-2-6-19-33)40-26-11-9-22-36(40)37-23-10-12-27-41(37)50)53-49(52-47)54-42-28-14-25-39-35-21-8-7-20-34(35)38-24-13-17-31-29-30-43(54)46(44(31)38)45(39)42/h1-30H. The molecule has 250 valence electrons. The Morgan fingerprint density at radius 3 is 1.63 bits per heavy atom. The van der Waals surface area contributed by atoms with Gasteiger partial charge in [0, 0.05) is 16.3 Å². The van der Waals surface area contributed by atoms with Crippen LogP contribution in [0.4, 0.5) is 0 Å². The summed E-state index contributed by atoms with van der Waals surface area (Å²) in [5.41, 5.74) is 13.1. The molecule has 12 rings (SSSR count). The Hall–Kier alpha value is -7.17. The zero-order valence-electron chi connectivity index (χ0n) is 29.1. The molecule has 54 heavy (non-hydrogen) atoms. The van der Waals surface area contributed by atoms with Crippen LogP contribution in [-0.2, 0) is 5.41 Å². The van der Waals surface area contributed by atoms with E-state index in [1.54, 1.807) is 0 Å². The Labute approximate surface area is 311 Å². The summed E-state index contributed by atoms with van der Waals surface area (Å²) in [5.74, 6) is 1.93. The summed E-state index contributed by atoms with van der Waals surface area (Å²) in [4.78, 5) is 16.5. The first-order valence-corrected chi connectivity index (χ1v) is 18.5. The molecule has 0 saturated heterocycles. The largest absolute Gasteiger partial charge is 0.278 e. The fourth-order valence-electron chi connectivity index (χ4n) is 9.50. The lowest BCUT2D eigenvalue weighted by molar-refractivity contribution is 0.683. The average Bonchev–Trinajstić information content (AvgIpc) is 3.71. The number of hydrogen-bond donors (Lipinski definition) is 0. The third kappa shape index (κ3) is 3.79. The highest BCUT2D eigenvalue weighted by Crippen LogP contribution is 2.56. The first kappa shape index (κ1) is 29.4. The van der Waals surface area contributed by atoms with E-state index >= 15 is 0 Å². The van der Waals surface area contributed by atoms with Gasteiger partial charge in [0.25, 0.3) is 0 Å². The quantitative estimate of drug-likeness (QED) is 0.185. The smallest absolute Gasteiger partial charge is 0.238 e. The van der Waals surface area contributed by atoms with Gasteiger partial charge in [-0.15, -0.1) is 0 Å². The Balaban J connectivity index is 1.26. The molecule has 0 saturated carbocycles. The minimum Gasteiger partial charge on any atom is -0.278 e. The molecule has 0 N–H and O–H groups in total. The summed E-state index contributed by atoms with van der Waals surface area (Å²) in [7, 11) is 0. The van der Waals surface area contributed by atoms with Gasteiger partial charge in [-0.1, -0.05) is 170 Å². The zero-order valence-corrected chi connectivity index (χ0v) is 29.1. The van der Waals surface area contributed by atoms with Crippen molar-refractivity contribution in [3.8, 4) is 50.7 Å². The summed E-state index contributed by atoms with van der Waals surface area (Å²) in [5, 5.41) is 4.91. The van der Waals surface area contributed by atoms with Crippen LogP contribution in [0.25, 0.3) is 83.3 Å². The van der Waals surface area contributed by atoms with Crippen molar-refractivity contribution in [1.29, 1.82) is 0 Å². The summed E-state index contributed by atoms with van der Waals surface area (Å²) >= 11 is 0. The van der Waals surface area contributed by atoms with Crippen molar-refractivity contribution in [3.05, 3.63) is 205 Å². The lowest BCUT2D eigenvalue weighted by Crippen LogP contribution is -2.32. The summed E-state index contributed by atoms with van der Waals surface area (Å²) in [6.07, 6.45) is 0. The van der Waals surface area contributed by atoms with Crippen LogP contribution in [0.3, 0.4) is 0 Å². The summed E-state index contributed by atoms with van der Waals surface area (Å²) in [6.45, 7) is 0. The maximum atomic E-state index is 5.67. The van der Waals surface area contributed by atoms with Gasteiger partial charge in [0.1, 0.15) is 5.41 Å². The topological polar surface area (TPSA) is 43.6 Å². The van der Waals surface area contributed by atoms with Gasteiger partial charge in [0.15, 0.2) is 11.6 Å². The normalized spacial score (nSPS) is 13.3. The van der Waals surface area contributed by atoms with Gasteiger partial charge in [0.05, 0.1) is 11.0 Å². The number of benzene rings is 8. The highest BCUT2D eigenvalue weighted by Gasteiger charge is 2.49. The molecule has 2 heterocycles. The minimum atomic E-state index is -0.788. The molecule has 10 aromatic rings. The summed E-state index contributed by atoms with van der Waals surface area (Å²) < 4.78 is 2.28. The maximum absolute atomic E-state index is 5.67. The fraction of sp³-hybridized carbons (Fsp3) is 0.0200. The van der Waals surface area contributed by atoms with E-state index in [1.165, 1.54) is 66.1 Å². The van der Waals surface area contributed by atoms with Crippen molar-refractivity contribution in [2.75, 3.05) is 0 Å². The van der Waals surface area contributed by atoms with Crippen LogP contribution in [0.5, 0.6) is 0 Å². The van der Waals surface area contributed by atoms with Crippen molar-refractivity contribution >= 4 is 32.6 Å². The summed E-state index contributed by atoms with van der Waals surface area (Å²) in [6, 6.07) is 65.2. The molecule has 0 fully saturated rings. The van der Waals surface area contributed by atoms with E-state index < -0.39 is 5.41 Å². The van der Waals surface area contributed by atoms with Crippen LogP contribution in [-0.4, -0.2) is 19.5 Å². The third-order valence-electron chi connectivity index (χ3n) is 11.7. The molecule has 0 atom stereocenters. The van der Waals surface area contributed by atoms with Crippen LogP contribution < -0.4 is 0 Å². The molecule has 4 heteroatoms. The molecule has 2 aromatic heterocycles. The van der Waals surface area contributed by atoms with Gasteiger partial charge in [-0.05, 0) is 73.0 Å². The van der Waals surface area contributed by atoms with Crippen molar-refractivity contribution in [3.63, 3.8) is 0 Å². The first-order chi connectivity index (χ1) is 26.8. The van der Waals surface area contributed by atoms with Gasteiger partial charge in [0.2, 0.25) is 5.95 Å². The zero-order chi connectivity index (χ0) is 35.4. The Kier molecular flexibility index (Phi) is 5.95. The van der Waals surface area contributed by atoms with Gasteiger partial charge < -0.3 is 0 Å². The van der Waals surface area contributed by atoms with E-state index in [2.05, 4.69) is 180 Å². The highest BCUT2D eigenvalue weighted by molar-refractivity contribution is 6.30. The van der Waals surface area contributed by atoms with Crippen LogP contribution in [0.2, 0.25) is 0 Å². The average molecular weight is 687 g/mol. The lowest BCUT2D eigenvalue weighted by atomic mass is 9.71. The molecule has 4 nitrogen and oxygen atoms in total. The fourth-order valence-corrected chi connectivity index (χ4v) is 9.50. The second kappa shape index (κ2) is 10.9. The van der Waals surface area contributed by atoms with Crippen molar-refractivity contribution in [2.24, 2.45) is 0 Å². The second-order valence-corrected chi connectivity index (χ2v) is 14.3. The number of aromatic nitrogens is 4. The second-order valence-electron chi connectivity index (χ2n) is 14.3. The van der Waals surface area contributed by atoms with Crippen molar-refractivity contribution in [1.82, 2.24) is 19.5 Å². The molecular weight excluding hydrogens is 657 g/mol. The Morgan fingerprint density at radius 1 is 0.370 bits per heavy atom. The lowest BCUT2D eigenvalue weighted by Gasteiger charge is -2.32. The third-order valence-corrected chi connectivity index (χ3v) is 11.7. The van der Waals surface area contributed by atoms with E-state index in [0.717, 1.165) is 22.2 Å². The number of nitrogens with zero attached hydrogens (tertiary/aromatic N) is 4. The minimum absolute atomic E-state index is 0.596. The van der Waals surface area contributed by atoms with Gasteiger partial charge in [-0.25, -0.2) is 4.98 Å². The first-order valence-electron chi connectivity index (χ1n) is 18.5. The van der Waals surface area contributed by atoms with Gasteiger partial charge in [-0.2, -0.15) is 9.97 Å². The van der Waals surface area contributed by atoms with E-state index in [1.807, 2.05) is 6.07 Å². The van der Waals surface area contributed by atoms with E-state index in [9.17, 15) is 0 Å². The van der Waals surface area contributed by atoms with E-state index in [0.29, 0.717) is 17.6 Å². The molecule has 0 spiro atoms. The maximum Gasteiger partial charge on any atom is 0.238 e. The molecule has 0 bridgehead atoms. The molecule has 0 unspecified atom stereocenters. The number of hydrogen-bond acceptors (Lipinski definition) is 3. The van der Waals surface area contributed by atoms with Gasteiger partial charge >= 0.3 is 0 Å². The van der Waals surface area contributed by atoms with Crippen molar-refractivity contribution < 1.29 is 0 Å². The molecule has 0 amide bonds. The Bertz CT molecular complexity index is 3110. The van der Waals surface area contributed by atoms with E-state index in [-0.39, 0.29) is 0 Å². The molecule has 8 aromatic carbocycles. The molecule has 0 radical (unpaired) electrons. The molecule has 2 aliphatic rings. The number of rotatable bonds is 4. The highest BCUT2D eigenvalue weighted by atomic mass is 15.2. The molecule has 0 aliphatic heterocycles. The predicted octanol–water partition coefficient (Wildman–Crippen LogP) is 11.8. The molecule has 2 aliphatic carbocycles. The number of fused-ring (bicyclic) bond motifs is 6. The van der Waals surface area contributed by atoms with Crippen molar-refractivity contribution in [2.45, 2.75) is 5.41 Å². The predicted molar refractivity (Wildman–Crippen MR) is 219 cm³/mol. The Morgan fingerprint density at radius 2 is 0.926 bits per heavy atom. The molecular formula is C50H30N4. The van der Waals surface area contributed by atoms with Crippen LogP contribution in [0.1, 0.15) is 22.5 Å². The van der Waals surface area contributed by atoms with Crippen LogP contribution in [0.15, 0.2) is 182 Å². The van der Waals surface area contributed by atoms with Crippen LogP contribution >= 0.6 is 0 Å². The van der Waals surface area contributed by atoms with Crippen LogP contribution in [0, 0.1) is 0 Å². The van der Waals surface area contributed by atoms with E-state index in [4.69, 9.17) is 15.0 Å². The SMILES string of the molecule is c1ccc(-c2nc(-n3c4cccc5c4c4c6c(cccc6ccc43)-c3ccccc3-5)nc(C3(c4ccccc4)c4ccccc4-c4ccccc43)n2)cc1. The monoisotopic (exact) mass is 686 g/mol. The van der Waals surface area contributed by atoms with Gasteiger partial charge in [-0.3, -0.25) is 4.57 Å².